The molecule has 0 spiro atoms. The van der Waals surface area contributed by atoms with E-state index in [2.05, 4.69) is 42.4 Å². The Balaban J connectivity index is 3.02. The van der Waals surface area contributed by atoms with Crippen molar-refractivity contribution in [2.45, 2.75) is 0 Å². The second kappa shape index (κ2) is 3.08. The van der Waals surface area contributed by atoms with Crippen LogP contribution in [0.2, 0.25) is 0 Å². The average Bonchev–Trinajstić information content (AvgIpc) is 0.811. The summed E-state index contributed by atoms with van der Waals surface area (Å²) in [5.74, 6) is 0. The summed E-state index contributed by atoms with van der Waals surface area (Å²) in [5.41, 5.74) is 0. The summed E-state index contributed by atoms with van der Waals surface area (Å²) >= 11 is 4.35. The van der Waals surface area contributed by atoms with Gasteiger partial charge in [0, 0.05) is 0 Å². The van der Waals surface area contributed by atoms with E-state index in [0.29, 0.717) is 0 Å². The van der Waals surface area contributed by atoms with Gasteiger partial charge in [-0.05, 0) is 0 Å². The van der Waals surface area contributed by atoms with Gasteiger partial charge in [0.1, 0.15) is 0 Å². The van der Waals surface area contributed by atoms with Gasteiger partial charge in [0.15, 0.2) is 0 Å². The SMILES string of the molecule is B#[SH](I)I. The first-order valence-corrected chi connectivity index (χ1v) is 7.58. The third-order valence-electron chi connectivity index (χ3n) is 0. The number of hydrogen-bond acceptors (Lipinski definition) is 0. The van der Waals surface area contributed by atoms with E-state index in [-0.39, 0.29) is 4.47 Å². The summed E-state index contributed by atoms with van der Waals surface area (Å²) in [6.45, 7) is 5.15. The van der Waals surface area contributed by atoms with Crippen LogP contribution in [0.3, 0.4) is 0 Å². The molecule has 24 valence electrons. The zero-order chi connectivity index (χ0) is 3.58. The molecule has 0 aliphatic heterocycles. The molecule has 0 aliphatic rings. The number of rotatable bonds is 0. The monoisotopic (exact) mass is 298 g/mol. The van der Waals surface area contributed by atoms with Crippen molar-refractivity contribution in [3.05, 3.63) is 0 Å². The van der Waals surface area contributed by atoms with Gasteiger partial charge in [0.05, 0.1) is 0 Å². The van der Waals surface area contributed by atoms with E-state index in [0.717, 1.165) is 0 Å². The fraction of sp³-hybridized carbons (Fsp3) is 0. The van der Waals surface area contributed by atoms with E-state index >= 15 is 0 Å². The summed E-state index contributed by atoms with van der Waals surface area (Å²) in [4.78, 5) is 0. The van der Waals surface area contributed by atoms with Gasteiger partial charge in [-0.1, -0.05) is 0 Å². The third kappa shape index (κ3) is 9.11. The minimum atomic E-state index is -0.180. The molecule has 0 unspecified atom stereocenters. The molecule has 4 heavy (non-hydrogen) atoms. The molecule has 0 radical (unpaired) electrons. The molecule has 0 aromatic carbocycles. The molecule has 0 aromatic heterocycles. The van der Waals surface area contributed by atoms with Gasteiger partial charge in [0.25, 0.3) is 0 Å². The number of hydrogen-bond donors (Lipinski definition) is 1. The Morgan fingerprint density at radius 3 is 1.50 bits per heavy atom. The van der Waals surface area contributed by atoms with Crippen LogP contribution in [0.4, 0.5) is 0 Å². The summed E-state index contributed by atoms with van der Waals surface area (Å²) in [5, 5.41) is 0. The van der Waals surface area contributed by atoms with Crippen LogP contribution < -0.4 is 0 Å². The van der Waals surface area contributed by atoms with E-state index in [1.54, 1.807) is 0 Å². The molecule has 0 rings (SSSR count). The van der Waals surface area contributed by atoms with Gasteiger partial charge in [-0.2, -0.15) is 0 Å². The molecular formula is HBI2S. The Bertz CT molecular complexity index is 52.2. The van der Waals surface area contributed by atoms with Crippen molar-refractivity contribution in [1.82, 2.24) is 0 Å². The van der Waals surface area contributed by atoms with Crippen molar-refractivity contribution in [1.29, 1.82) is 0 Å². The Morgan fingerprint density at radius 2 is 1.50 bits per heavy atom. The van der Waals surface area contributed by atoms with E-state index in [1.807, 2.05) is 0 Å². The van der Waals surface area contributed by atoms with Crippen LogP contribution >= 0.6 is 46.9 Å². The maximum atomic E-state index is 5.15. The molecule has 0 bridgehead atoms. The van der Waals surface area contributed by atoms with Crippen LogP contribution in [0, 0.1) is 0 Å². The summed E-state index contributed by atoms with van der Waals surface area (Å²) in [7, 11) is 0. The molecule has 0 aliphatic carbocycles. The Kier molecular flexibility index (Phi) is 4.52. The Hall–Kier alpha value is 1.87. The van der Waals surface area contributed by atoms with Crippen LogP contribution in [0.1, 0.15) is 0 Å². The molecule has 0 heterocycles. The van der Waals surface area contributed by atoms with Gasteiger partial charge in [-0.25, -0.2) is 0 Å². The third-order valence-corrected chi connectivity index (χ3v) is 0. The maximum absolute atomic E-state index is 5.15. The van der Waals surface area contributed by atoms with Crippen molar-refractivity contribution >= 4 is 53.4 Å². The van der Waals surface area contributed by atoms with Gasteiger partial charge < -0.3 is 0 Å². The normalized spacial score (nSPS) is 9.25. The van der Waals surface area contributed by atoms with Crippen molar-refractivity contribution in [3.63, 3.8) is 0 Å². The zero-order valence-corrected chi connectivity index (χ0v) is 6.99. The van der Waals surface area contributed by atoms with Gasteiger partial charge in [-0.3, -0.25) is 0 Å². The molecule has 0 saturated heterocycles. The molecule has 4 heteroatoms. The first kappa shape index (κ1) is 5.87. The predicted molar refractivity (Wildman–Crippen MR) is 42.8 cm³/mol. The van der Waals surface area contributed by atoms with E-state index < -0.39 is 0 Å². The molecule has 0 amide bonds. The quantitative estimate of drug-likeness (QED) is 0.393. The predicted octanol–water partition coefficient (Wildman–Crippen LogP) is 1.77. The Labute approximate surface area is 52.7 Å². The van der Waals surface area contributed by atoms with Gasteiger partial charge in [-0.15, -0.1) is 0 Å². The van der Waals surface area contributed by atoms with Crippen molar-refractivity contribution in [2.75, 3.05) is 0 Å². The number of thiol groups is 1. The van der Waals surface area contributed by atoms with Crippen molar-refractivity contribution in [2.24, 2.45) is 0 Å². The molecular weight excluding hydrogens is 297 g/mol. The zero-order valence-electron chi connectivity index (χ0n) is 1.78. The minimum absolute atomic E-state index is 0.180. The molecule has 0 nitrogen and oxygen atoms in total. The van der Waals surface area contributed by atoms with Gasteiger partial charge >= 0.3 is 53.4 Å². The number of halogens is 2. The standard InChI is InChI=1S/BHI2S/c1-4(2)3/h4H. The second-order valence-corrected chi connectivity index (χ2v) is 12.6. The van der Waals surface area contributed by atoms with Gasteiger partial charge in [0.2, 0.25) is 0 Å². The fourth-order valence-electron chi connectivity index (χ4n) is 0. The summed E-state index contributed by atoms with van der Waals surface area (Å²) < 4.78 is -0.180. The molecule has 0 saturated carbocycles. The Morgan fingerprint density at radius 1 is 1.50 bits per heavy atom. The molecule has 0 N–H and O–H groups in total. The fourth-order valence-corrected chi connectivity index (χ4v) is 0. The van der Waals surface area contributed by atoms with Crippen LogP contribution in [0.5, 0.6) is 0 Å². The van der Waals surface area contributed by atoms with E-state index in [9.17, 15) is 0 Å². The van der Waals surface area contributed by atoms with E-state index in [1.165, 1.54) is 0 Å². The second-order valence-electron chi connectivity index (χ2n) is 0.259. The first-order chi connectivity index (χ1) is 1.73. The average molecular weight is 298 g/mol. The summed E-state index contributed by atoms with van der Waals surface area (Å²) in [6.07, 6.45) is 0. The molecule has 0 fully saturated rings. The molecule has 0 atom stereocenters. The van der Waals surface area contributed by atoms with Crippen LogP contribution in [-0.2, 0) is 0 Å². The van der Waals surface area contributed by atoms with Crippen LogP contribution in [0.15, 0.2) is 0 Å². The van der Waals surface area contributed by atoms with Crippen LogP contribution in [0.25, 0.3) is 0 Å². The van der Waals surface area contributed by atoms with Crippen LogP contribution in [-0.4, -0.2) is 6.53 Å². The summed E-state index contributed by atoms with van der Waals surface area (Å²) in [6, 6.07) is 0. The topological polar surface area (TPSA) is 0 Å². The molecule has 0 aromatic rings. The first-order valence-electron chi connectivity index (χ1n) is 0.596. The van der Waals surface area contributed by atoms with E-state index in [4.69, 9.17) is 6.53 Å². The van der Waals surface area contributed by atoms with Crippen molar-refractivity contribution in [3.8, 4) is 0 Å². The van der Waals surface area contributed by atoms with Crippen molar-refractivity contribution < 1.29 is 0 Å².